The molecule has 6 nitrogen and oxygen atoms in total. The fourth-order valence-electron chi connectivity index (χ4n) is 2.85. The molecule has 0 bridgehead atoms. The number of piperidine rings is 1. The number of Topliss-reactive ketones (excluding diaryl/α,β-unsaturated/α-hetero) is 1. The van der Waals surface area contributed by atoms with Crippen molar-refractivity contribution in [3.63, 3.8) is 0 Å². The number of carbonyl (C=O) groups is 2. The number of amides is 1. The first kappa shape index (κ1) is 18.9. The van der Waals surface area contributed by atoms with Gasteiger partial charge in [-0.1, -0.05) is 0 Å². The SMILES string of the molecule is CN(CC(=O)c1nccs1)C[C@@H]1CCCCN1C(=O)OC(C)(C)C. The minimum atomic E-state index is -0.494. The summed E-state index contributed by atoms with van der Waals surface area (Å²) < 4.78 is 5.52. The Kier molecular flexibility index (Phi) is 6.34. The fraction of sp³-hybridized carbons (Fsp3) is 0.706. The molecule has 0 saturated carbocycles. The molecule has 1 aromatic rings. The van der Waals surface area contributed by atoms with Gasteiger partial charge in [0.25, 0.3) is 0 Å². The van der Waals surface area contributed by atoms with E-state index in [1.165, 1.54) is 11.3 Å². The summed E-state index contributed by atoms with van der Waals surface area (Å²) in [5.41, 5.74) is -0.494. The van der Waals surface area contributed by atoms with E-state index in [9.17, 15) is 9.59 Å². The fourth-order valence-corrected chi connectivity index (χ4v) is 3.42. The molecule has 134 valence electrons. The molecule has 1 saturated heterocycles. The standard InChI is InChI=1S/C17H27N3O3S/c1-17(2,3)23-16(22)20-9-6-5-7-13(20)11-19(4)12-14(21)15-18-8-10-24-15/h8,10,13H,5-7,9,11-12H2,1-4H3/t13-/m0/s1. The molecule has 24 heavy (non-hydrogen) atoms. The van der Waals surface area contributed by atoms with Crippen LogP contribution in [0, 0.1) is 0 Å². The summed E-state index contributed by atoms with van der Waals surface area (Å²) in [5.74, 6) is 0.0205. The smallest absolute Gasteiger partial charge is 0.410 e. The lowest BCUT2D eigenvalue weighted by molar-refractivity contribution is 0.00638. The van der Waals surface area contributed by atoms with Gasteiger partial charge in [0.1, 0.15) is 5.60 Å². The molecule has 0 N–H and O–H groups in total. The van der Waals surface area contributed by atoms with Crippen LogP contribution in [-0.4, -0.2) is 65.0 Å². The Labute approximate surface area is 147 Å². The highest BCUT2D eigenvalue weighted by Crippen LogP contribution is 2.21. The van der Waals surface area contributed by atoms with Crippen molar-refractivity contribution in [2.45, 2.75) is 51.7 Å². The van der Waals surface area contributed by atoms with Crippen LogP contribution < -0.4 is 0 Å². The van der Waals surface area contributed by atoms with E-state index in [1.54, 1.807) is 11.6 Å². The molecule has 1 aromatic heterocycles. The van der Waals surface area contributed by atoms with Crippen molar-refractivity contribution < 1.29 is 14.3 Å². The maximum Gasteiger partial charge on any atom is 0.410 e. The number of carbonyl (C=O) groups excluding carboxylic acids is 2. The van der Waals surface area contributed by atoms with Crippen molar-refractivity contribution in [1.29, 1.82) is 0 Å². The number of nitrogens with zero attached hydrogens (tertiary/aromatic N) is 3. The number of aromatic nitrogens is 1. The first-order valence-electron chi connectivity index (χ1n) is 8.37. The van der Waals surface area contributed by atoms with E-state index in [0.717, 1.165) is 19.3 Å². The summed E-state index contributed by atoms with van der Waals surface area (Å²) in [5, 5.41) is 2.34. The van der Waals surface area contributed by atoms with Crippen LogP contribution in [0.1, 0.15) is 49.8 Å². The molecule has 0 spiro atoms. The van der Waals surface area contributed by atoms with Gasteiger partial charge >= 0.3 is 6.09 Å². The number of thiazole rings is 1. The third kappa shape index (κ3) is 5.56. The Morgan fingerprint density at radius 2 is 2.17 bits per heavy atom. The summed E-state index contributed by atoms with van der Waals surface area (Å²) in [7, 11) is 1.91. The lowest BCUT2D eigenvalue weighted by Crippen LogP contribution is -2.50. The van der Waals surface area contributed by atoms with E-state index in [1.807, 2.05) is 37.6 Å². The van der Waals surface area contributed by atoms with Gasteiger partial charge in [-0.3, -0.25) is 9.69 Å². The molecule has 1 amide bonds. The summed E-state index contributed by atoms with van der Waals surface area (Å²) >= 11 is 1.36. The maximum absolute atomic E-state index is 12.4. The molecule has 1 atom stereocenters. The van der Waals surface area contributed by atoms with Gasteiger partial charge in [0.05, 0.1) is 6.54 Å². The van der Waals surface area contributed by atoms with Crippen molar-refractivity contribution in [3.8, 4) is 0 Å². The van der Waals surface area contributed by atoms with E-state index in [2.05, 4.69) is 4.98 Å². The molecule has 2 heterocycles. The van der Waals surface area contributed by atoms with Gasteiger partial charge in [0.2, 0.25) is 5.78 Å². The van der Waals surface area contributed by atoms with Gasteiger partial charge in [-0.25, -0.2) is 9.78 Å². The van der Waals surface area contributed by atoms with Gasteiger partial charge in [-0.2, -0.15) is 0 Å². The van der Waals surface area contributed by atoms with E-state index in [4.69, 9.17) is 4.74 Å². The number of likely N-dealkylation sites (tertiary alicyclic amines) is 1. The predicted octanol–water partition coefficient (Wildman–Crippen LogP) is 3.05. The number of likely N-dealkylation sites (N-methyl/N-ethyl adjacent to an activating group) is 1. The van der Waals surface area contributed by atoms with E-state index >= 15 is 0 Å². The Hall–Kier alpha value is -1.47. The van der Waals surface area contributed by atoms with Gasteiger partial charge in [-0.15, -0.1) is 11.3 Å². The lowest BCUT2D eigenvalue weighted by Gasteiger charge is -2.38. The summed E-state index contributed by atoms with van der Waals surface area (Å²) in [4.78, 5) is 32.4. The molecule has 0 unspecified atom stereocenters. The van der Waals surface area contributed by atoms with Crippen LogP contribution in [0.15, 0.2) is 11.6 Å². The van der Waals surface area contributed by atoms with Crippen molar-refractivity contribution in [2.24, 2.45) is 0 Å². The van der Waals surface area contributed by atoms with Crippen molar-refractivity contribution in [3.05, 3.63) is 16.6 Å². The zero-order valence-corrected chi connectivity index (χ0v) is 15.8. The molecule has 1 aliphatic rings. The second-order valence-electron chi connectivity index (χ2n) is 7.28. The highest BCUT2D eigenvalue weighted by Gasteiger charge is 2.31. The third-order valence-electron chi connectivity index (χ3n) is 3.86. The van der Waals surface area contributed by atoms with Gasteiger partial charge < -0.3 is 9.64 Å². The van der Waals surface area contributed by atoms with Gasteiger partial charge in [-0.05, 0) is 47.1 Å². The Balaban J connectivity index is 1.92. The predicted molar refractivity (Wildman–Crippen MR) is 94.5 cm³/mol. The van der Waals surface area contributed by atoms with Gasteiger partial charge in [0.15, 0.2) is 5.01 Å². The molecule has 0 radical (unpaired) electrons. The number of ether oxygens (including phenoxy) is 1. The average molecular weight is 353 g/mol. The zero-order chi connectivity index (χ0) is 17.7. The summed E-state index contributed by atoms with van der Waals surface area (Å²) in [6, 6.07) is 0.0858. The number of hydrogen-bond acceptors (Lipinski definition) is 6. The molecule has 7 heteroatoms. The molecule has 0 aromatic carbocycles. The Bertz CT molecular complexity index is 554. The summed E-state index contributed by atoms with van der Waals surface area (Å²) in [6.07, 6.45) is 4.42. The molecule has 1 aliphatic heterocycles. The second kappa shape index (κ2) is 8.07. The monoisotopic (exact) mass is 353 g/mol. The van der Waals surface area contributed by atoms with Crippen molar-refractivity contribution in [2.75, 3.05) is 26.7 Å². The third-order valence-corrected chi connectivity index (χ3v) is 4.68. The quantitative estimate of drug-likeness (QED) is 0.761. The number of hydrogen-bond donors (Lipinski definition) is 0. The minimum absolute atomic E-state index is 0.0205. The largest absolute Gasteiger partial charge is 0.444 e. The first-order chi connectivity index (χ1) is 11.3. The first-order valence-corrected chi connectivity index (χ1v) is 9.25. The highest BCUT2D eigenvalue weighted by molar-refractivity contribution is 7.11. The van der Waals surface area contributed by atoms with Crippen molar-refractivity contribution in [1.82, 2.24) is 14.8 Å². The van der Waals surface area contributed by atoms with E-state index in [-0.39, 0.29) is 17.9 Å². The number of rotatable bonds is 5. The van der Waals surface area contributed by atoms with E-state index < -0.39 is 5.60 Å². The second-order valence-corrected chi connectivity index (χ2v) is 8.18. The van der Waals surface area contributed by atoms with Crippen LogP contribution in [0.3, 0.4) is 0 Å². The van der Waals surface area contributed by atoms with Crippen LogP contribution in [0.4, 0.5) is 4.79 Å². The van der Waals surface area contributed by atoms with Gasteiger partial charge in [0, 0.05) is 30.7 Å². The minimum Gasteiger partial charge on any atom is -0.444 e. The molecule has 0 aliphatic carbocycles. The number of ketones is 1. The Morgan fingerprint density at radius 1 is 1.42 bits per heavy atom. The molecular weight excluding hydrogens is 326 g/mol. The molecule has 2 rings (SSSR count). The molecule has 1 fully saturated rings. The van der Waals surface area contributed by atoms with Crippen LogP contribution in [0.25, 0.3) is 0 Å². The van der Waals surface area contributed by atoms with Crippen LogP contribution >= 0.6 is 11.3 Å². The maximum atomic E-state index is 12.4. The van der Waals surface area contributed by atoms with E-state index in [0.29, 0.717) is 24.6 Å². The zero-order valence-electron chi connectivity index (χ0n) is 14.9. The topological polar surface area (TPSA) is 62.7 Å². The lowest BCUT2D eigenvalue weighted by atomic mass is 10.0. The Morgan fingerprint density at radius 3 is 2.79 bits per heavy atom. The molecular formula is C17H27N3O3S. The van der Waals surface area contributed by atoms with Crippen LogP contribution in [0.5, 0.6) is 0 Å². The highest BCUT2D eigenvalue weighted by atomic mass is 32.1. The average Bonchev–Trinajstić information content (AvgIpc) is 3.00. The summed E-state index contributed by atoms with van der Waals surface area (Å²) in [6.45, 7) is 7.32. The normalized spacial score (nSPS) is 18.7. The van der Waals surface area contributed by atoms with Crippen LogP contribution in [0.2, 0.25) is 0 Å². The van der Waals surface area contributed by atoms with Crippen LogP contribution in [-0.2, 0) is 4.74 Å². The van der Waals surface area contributed by atoms with Crippen molar-refractivity contribution >= 4 is 23.2 Å².